The van der Waals surface area contributed by atoms with Crippen molar-refractivity contribution < 1.29 is 24.2 Å². The molecule has 6 heteroatoms. The van der Waals surface area contributed by atoms with Gasteiger partial charge in [0.15, 0.2) is 5.75 Å². The molecule has 20 heavy (non-hydrogen) atoms. The highest BCUT2D eigenvalue weighted by Crippen LogP contribution is 2.24. The van der Waals surface area contributed by atoms with Gasteiger partial charge in [0.2, 0.25) is 0 Å². The zero-order valence-corrected chi connectivity index (χ0v) is 11.0. The second-order valence-corrected chi connectivity index (χ2v) is 4.79. The summed E-state index contributed by atoms with van der Waals surface area (Å²) in [5, 5.41) is 9.02. The summed E-state index contributed by atoms with van der Waals surface area (Å²) in [5.41, 5.74) is 5.75. The molecule has 2 rings (SSSR count). The van der Waals surface area contributed by atoms with Gasteiger partial charge in [-0.25, -0.2) is 9.59 Å². The van der Waals surface area contributed by atoms with Crippen LogP contribution in [0.2, 0.25) is 0 Å². The summed E-state index contributed by atoms with van der Waals surface area (Å²) in [5.74, 6) is -1.29. The average molecular weight is 279 g/mol. The van der Waals surface area contributed by atoms with Gasteiger partial charge in [-0.2, -0.15) is 0 Å². The van der Waals surface area contributed by atoms with Crippen molar-refractivity contribution in [3.8, 4) is 5.75 Å². The van der Waals surface area contributed by atoms with E-state index in [0.717, 1.165) is 32.1 Å². The lowest BCUT2D eigenvalue weighted by Crippen LogP contribution is -2.23. The third kappa shape index (κ3) is 3.63. The first-order chi connectivity index (χ1) is 9.56. The van der Waals surface area contributed by atoms with Crippen LogP contribution in [0.5, 0.6) is 5.75 Å². The predicted molar refractivity (Wildman–Crippen MR) is 71.8 cm³/mol. The molecule has 1 aromatic carbocycles. The molecule has 0 aliphatic heterocycles. The first-order valence-corrected chi connectivity index (χ1v) is 6.57. The molecule has 0 spiro atoms. The van der Waals surface area contributed by atoms with Gasteiger partial charge in [0, 0.05) is 11.8 Å². The maximum absolute atomic E-state index is 11.7. The van der Waals surface area contributed by atoms with E-state index in [1.165, 1.54) is 18.2 Å². The Morgan fingerprint density at radius 2 is 1.90 bits per heavy atom. The van der Waals surface area contributed by atoms with Crippen LogP contribution in [0.4, 0.5) is 10.5 Å². The Labute approximate surface area is 116 Å². The summed E-state index contributed by atoms with van der Waals surface area (Å²) in [6.07, 6.45) is 3.80. The molecule has 0 saturated heterocycles. The molecular weight excluding hydrogens is 262 g/mol. The SMILES string of the molecule is Nc1ccc(C(=O)O)c(OC(=O)OC2CCCCC2)c1. The number of benzene rings is 1. The number of nitrogen functional groups attached to an aromatic ring is 1. The standard InChI is InChI=1S/C14H17NO5/c15-9-6-7-11(13(16)17)12(8-9)20-14(18)19-10-4-2-1-3-5-10/h6-8,10H,1-5,15H2,(H,16,17). The lowest BCUT2D eigenvalue weighted by molar-refractivity contribution is 0.0413. The quantitative estimate of drug-likeness (QED) is 0.501. The number of hydrogen-bond donors (Lipinski definition) is 2. The Morgan fingerprint density at radius 3 is 2.55 bits per heavy atom. The second-order valence-electron chi connectivity index (χ2n) is 4.79. The number of hydrogen-bond acceptors (Lipinski definition) is 5. The van der Waals surface area contributed by atoms with Crippen molar-refractivity contribution in [2.45, 2.75) is 38.2 Å². The van der Waals surface area contributed by atoms with Crippen LogP contribution in [0.25, 0.3) is 0 Å². The zero-order chi connectivity index (χ0) is 14.5. The molecule has 0 unspecified atom stereocenters. The molecule has 1 fully saturated rings. The highest BCUT2D eigenvalue weighted by molar-refractivity contribution is 5.92. The largest absolute Gasteiger partial charge is 0.514 e. The third-order valence-corrected chi connectivity index (χ3v) is 3.24. The van der Waals surface area contributed by atoms with Crippen molar-refractivity contribution in [3.63, 3.8) is 0 Å². The van der Waals surface area contributed by atoms with Crippen molar-refractivity contribution in [3.05, 3.63) is 23.8 Å². The Morgan fingerprint density at radius 1 is 1.20 bits per heavy atom. The first-order valence-electron chi connectivity index (χ1n) is 6.57. The molecule has 0 heterocycles. The molecular formula is C14H17NO5. The molecule has 1 aliphatic rings. The second kappa shape index (κ2) is 6.27. The van der Waals surface area contributed by atoms with Crippen molar-refractivity contribution >= 4 is 17.8 Å². The predicted octanol–water partition coefficient (Wildman–Crippen LogP) is 2.82. The van der Waals surface area contributed by atoms with E-state index in [9.17, 15) is 9.59 Å². The number of nitrogens with two attached hydrogens (primary N) is 1. The Kier molecular flexibility index (Phi) is 4.45. The molecule has 108 valence electrons. The molecule has 3 N–H and O–H groups in total. The van der Waals surface area contributed by atoms with Gasteiger partial charge in [0.1, 0.15) is 11.7 Å². The van der Waals surface area contributed by atoms with Crippen LogP contribution in [-0.2, 0) is 4.74 Å². The molecule has 0 aromatic heterocycles. The number of rotatable bonds is 3. The van der Waals surface area contributed by atoms with Crippen molar-refractivity contribution in [1.29, 1.82) is 0 Å². The molecule has 1 aliphatic carbocycles. The van der Waals surface area contributed by atoms with Crippen molar-refractivity contribution in [2.24, 2.45) is 0 Å². The van der Waals surface area contributed by atoms with Crippen LogP contribution >= 0.6 is 0 Å². The third-order valence-electron chi connectivity index (χ3n) is 3.24. The van der Waals surface area contributed by atoms with Gasteiger partial charge in [-0.15, -0.1) is 0 Å². The van der Waals surface area contributed by atoms with E-state index in [2.05, 4.69) is 0 Å². The van der Waals surface area contributed by atoms with Crippen molar-refractivity contribution in [1.82, 2.24) is 0 Å². The normalized spacial score (nSPS) is 15.6. The maximum Gasteiger partial charge on any atom is 0.514 e. The van der Waals surface area contributed by atoms with E-state index in [-0.39, 0.29) is 17.4 Å². The highest BCUT2D eigenvalue weighted by atomic mass is 16.7. The van der Waals surface area contributed by atoms with E-state index in [4.69, 9.17) is 20.3 Å². The van der Waals surface area contributed by atoms with Gasteiger partial charge in [0.25, 0.3) is 0 Å². The van der Waals surface area contributed by atoms with E-state index in [1.54, 1.807) is 0 Å². The number of carbonyl (C=O) groups is 2. The number of carboxylic acids is 1. The highest BCUT2D eigenvalue weighted by Gasteiger charge is 2.21. The fourth-order valence-electron chi connectivity index (χ4n) is 2.23. The number of carboxylic acid groups (broad SMARTS) is 1. The van der Waals surface area contributed by atoms with Crippen LogP contribution in [0.1, 0.15) is 42.5 Å². The minimum atomic E-state index is -1.19. The van der Waals surface area contributed by atoms with Crippen LogP contribution in [0, 0.1) is 0 Å². The Hall–Kier alpha value is -2.24. The summed E-state index contributed by atoms with van der Waals surface area (Å²) in [4.78, 5) is 22.7. The lowest BCUT2D eigenvalue weighted by atomic mass is 9.98. The Balaban J connectivity index is 2.03. The summed E-state index contributed by atoms with van der Waals surface area (Å²) in [6.45, 7) is 0. The van der Waals surface area contributed by atoms with Crippen LogP contribution in [0.3, 0.4) is 0 Å². The van der Waals surface area contributed by atoms with Gasteiger partial charge in [0.05, 0.1) is 0 Å². The topological polar surface area (TPSA) is 98.9 Å². The smallest absolute Gasteiger partial charge is 0.478 e. The van der Waals surface area contributed by atoms with Gasteiger partial charge in [-0.1, -0.05) is 6.42 Å². The van der Waals surface area contributed by atoms with Gasteiger partial charge < -0.3 is 20.3 Å². The zero-order valence-electron chi connectivity index (χ0n) is 11.0. The summed E-state index contributed by atoms with van der Waals surface area (Å²) >= 11 is 0. The van der Waals surface area contributed by atoms with Gasteiger partial charge in [-0.05, 0) is 37.8 Å². The monoisotopic (exact) mass is 279 g/mol. The van der Waals surface area contributed by atoms with E-state index in [1.807, 2.05) is 0 Å². The molecule has 0 radical (unpaired) electrons. The van der Waals surface area contributed by atoms with Crippen LogP contribution in [-0.4, -0.2) is 23.3 Å². The van der Waals surface area contributed by atoms with Crippen LogP contribution in [0.15, 0.2) is 18.2 Å². The minimum absolute atomic E-state index is 0.0988. The van der Waals surface area contributed by atoms with E-state index >= 15 is 0 Å². The number of anilines is 1. The fraction of sp³-hybridized carbons (Fsp3) is 0.429. The number of carbonyl (C=O) groups excluding carboxylic acids is 1. The van der Waals surface area contributed by atoms with Gasteiger partial charge in [-0.3, -0.25) is 0 Å². The van der Waals surface area contributed by atoms with E-state index < -0.39 is 12.1 Å². The Bertz CT molecular complexity index is 508. The number of aromatic carboxylic acids is 1. The minimum Gasteiger partial charge on any atom is -0.478 e. The number of ether oxygens (including phenoxy) is 2. The maximum atomic E-state index is 11.7. The molecule has 0 amide bonds. The molecule has 1 aromatic rings. The van der Waals surface area contributed by atoms with Gasteiger partial charge >= 0.3 is 12.1 Å². The van der Waals surface area contributed by atoms with Crippen molar-refractivity contribution in [2.75, 3.05) is 5.73 Å². The first kappa shape index (κ1) is 14.2. The van der Waals surface area contributed by atoms with Crippen LogP contribution < -0.4 is 10.5 Å². The summed E-state index contributed by atoms with van der Waals surface area (Å²) in [7, 11) is 0. The lowest BCUT2D eigenvalue weighted by Gasteiger charge is -2.21. The fourth-order valence-corrected chi connectivity index (χ4v) is 2.23. The molecule has 0 atom stereocenters. The average Bonchev–Trinajstić information content (AvgIpc) is 2.39. The molecule has 1 saturated carbocycles. The molecule has 0 bridgehead atoms. The summed E-state index contributed by atoms with van der Waals surface area (Å²) in [6, 6.07) is 4.02. The summed E-state index contributed by atoms with van der Waals surface area (Å²) < 4.78 is 10.1. The molecule has 6 nitrogen and oxygen atoms in total. The van der Waals surface area contributed by atoms with E-state index in [0.29, 0.717) is 5.69 Å².